The van der Waals surface area contributed by atoms with Crippen molar-refractivity contribution in [1.29, 1.82) is 0 Å². The minimum absolute atomic E-state index is 0.0945. The van der Waals surface area contributed by atoms with Gasteiger partial charge in [0.25, 0.3) is 0 Å². The molecule has 0 unspecified atom stereocenters. The summed E-state index contributed by atoms with van der Waals surface area (Å²) in [7, 11) is 1.80. The lowest BCUT2D eigenvalue weighted by Gasteiger charge is -2.17. The predicted octanol–water partition coefficient (Wildman–Crippen LogP) is 1.57. The second kappa shape index (κ2) is 7.71. The van der Waals surface area contributed by atoms with Gasteiger partial charge in [0.15, 0.2) is 0 Å². The fraction of sp³-hybridized carbons (Fsp3) is 0.500. The van der Waals surface area contributed by atoms with E-state index in [1.54, 1.807) is 11.9 Å². The summed E-state index contributed by atoms with van der Waals surface area (Å²) < 4.78 is 5.59. The topological polar surface area (TPSA) is 55.6 Å². The Morgan fingerprint density at radius 3 is 2.78 bits per heavy atom. The number of nitrogens with two attached hydrogens (primary N) is 1. The minimum atomic E-state index is 0.0945. The maximum atomic E-state index is 11.7. The molecular weight excluding hydrogens is 228 g/mol. The monoisotopic (exact) mass is 250 g/mol. The van der Waals surface area contributed by atoms with E-state index in [1.165, 1.54) is 0 Å². The lowest BCUT2D eigenvalue weighted by atomic mass is 10.2. The van der Waals surface area contributed by atoms with Crippen molar-refractivity contribution in [2.24, 2.45) is 5.73 Å². The number of hydrogen-bond donors (Lipinski definition) is 1. The minimum Gasteiger partial charge on any atom is -0.493 e. The van der Waals surface area contributed by atoms with E-state index >= 15 is 0 Å². The van der Waals surface area contributed by atoms with Crippen molar-refractivity contribution in [3.8, 4) is 5.75 Å². The summed E-state index contributed by atoms with van der Waals surface area (Å²) in [5, 5.41) is 0. The van der Waals surface area contributed by atoms with Gasteiger partial charge in [-0.2, -0.15) is 0 Å². The molecule has 0 atom stereocenters. The van der Waals surface area contributed by atoms with Crippen molar-refractivity contribution in [3.63, 3.8) is 0 Å². The normalized spacial score (nSPS) is 10.2. The Morgan fingerprint density at radius 1 is 1.39 bits per heavy atom. The molecule has 4 heteroatoms. The highest BCUT2D eigenvalue weighted by Gasteiger charge is 2.08. The van der Waals surface area contributed by atoms with Gasteiger partial charge in [0, 0.05) is 13.6 Å². The van der Waals surface area contributed by atoms with Crippen molar-refractivity contribution in [3.05, 3.63) is 29.8 Å². The fourth-order valence-corrected chi connectivity index (χ4v) is 1.61. The van der Waals surface area contributed by atoms with Crippen LogP contribution in [0.15, 0.2) is 24.3 Å². The molecule has 1 aromatic rings. The zero-order valence-corrected chi connectivity index (χ0v) is 11.2. The highest BCUT2D eigenvalue weighted by atomic mass is 16.5. The summed E-state index contributed by atoms with van der Waals surface area (Å²) in [6.45, 7) is 3.72. The number of ether oxygens (including phenoxy) is 1. The van der Waals surface area contributed by atoms with Gasteiger partial charge in [0.2, 0.25) is 5.91 Å². The summed E-state index contributed by atoms with van der Waals surface area (Å²) in [4.78, 5) is 13.4. The van der Waals surface area contributed by atoms with E-state index in [1.807, 2.05) is 31.2 Å². The molecule has 0 aliphatic rings. The summed E-state index contributed by atoms with van der Waals surface area (Å²) in [6, 6.07) is 7.80. The number of nitrogens with zero attached hydrogens (tertiary/aromatic N) is 1. The third-order valence-electron chi connectivity index (χ3n) is 2.79. The second-order valence-electron chi connectivity index (χ2n) is 4.32. The molecule has 1 rings (SSSR count). The average molecular weight is 250 g/mol. The molecule has 0 spiro atoms. The maximum absolute atomic E-state index is 11.7. The van der Waals surface area contributed by atoms with Crippen LogP contribution in [0, 0.1) is 6.92 Å². The van der Waals surface area contributed by atoms with Crippen LogP contribution in [-0.4, -0.2) is 37.6 Å². The Morgan fingerprint density at radius 2 is 2.11 bits per heavy atom. The molecule has 1 amide bonds. The predicted molar refractivity (Wildman–Crippen MR) is 72.6 cm³/mol. The van der Waals surface area contributed by atoms with Gasteiger partial charge in [-0.1, -0.05) is 18.2 Å². The van der Waals surface area contributed by atoms with E-state index in [4.69, 9.17) is 10.5 Å². The zero-order chi connectivity index (χ0) is 13.4. The number of hydrogen-bond acceptors (Lipinski definition) is 3. The average Bonchev–Trinajstić information content (AvgIpc) is 2.38. The Hall–Kier alpha value is -1.55. The van der Waals surface area contributed by atoms with E-state index in [9.17, 15) is 4.79 Å². The Bertz CT molecular complexity index is 380. The number of amides is 1. The number of para-hydroxylation sites is 1. The van der Waals surface area contributed by atoms with Crippen LogP contribution in [0.25, 0.3) is 0 Å². The largest absolute Gasteiger partial charge is 0.493 e. The molecule has 18 heavy (non-hydrogen) atoms. The molecule has 0 aromatic heterocycles. The van der Waals surface area contributed by atoms with Crippen LogP contribution in [0.2, 0.25) is 0 Å². The van der Waals surface area contributed by atoms with Gasteiger partial charge in [0.05, 0.1) is 13.0 Å². The van der Waals surface area contributed by atoms with Gasteiger partial charge < -0.3 is 15.4 Å². The van der Waals surface area contributed by atoms with Crippen molar-refractivity contribution in [2.45, 2.75) is 19.8 Å². The number of carbonyl (C=O) groups is 1. The highest BCUT2D eigenvalue weighted by molar-refractivity contribution is 5.75. The van der Waals surface area contributed by atoms with Gasteiger partial charge in [-0.25, -0.2) is 0 Å². The Balaban J connectivity index is 2.29. The maximum Gasteiger partial charge on any atom is 0.225 e. The van der Waals surface area contributed by atoms with Crippen LogP contribution in [-0.2, 0) is 4.79 Å². The molecule has 0 heterocycles. The standard InChI is InChI=1S/C14H22N2O2/c1-12-6-3-4-7-13(12)18-11-8-14(17)16(2)10-5-9-15/h3-4,6-7H,5,8-11,15H2,1-2H3. The summed E-state index contributed by atoms with van der Waals surface area (Å²) in [5.41, 5.74) is 6.49. The number of aryl methyl sites for hydroxylation is 1. The Kier molecular flexibility index (Phi) is 6.22. The third-order valence-corrected chi connectivity index (χ3v) is 2.79. The fourth-order valence-electron chi connectivity index (χ4n) is 1.61. The molecular formula is C14H22N2O2. The molecule has 4 nitrogen and oxygen atoms in total. The van der Waals surface area contributed by atoms with Gasteiger partial charge in [-0.05, 0) is 31.5 Å². The van der Waals surface area contributed by atoms with Crippen molar-refractivity contribution >= 4 is 5.91 Å². The smallest absolute Gasteiger partial charge is 0.225 e. The van der Waals surface area contributed by atoms with Gasteiger partial charge in [-0.15, -0.1) is 0 Å². The molecule has 0 aliphatic heterocycles. The quantitative estimate of drug-likeness (QED) is 0.799. The van der Waals surface area contributed by atoms with Crippen LogP contribution >= 0.6 is 0 Å². The lowest BCUT2D eigenvalue weighted by Crippen LogP contribution is -2.30. The van der Waals surface area contributed by atoms with E-state index in [2.05, 4.69) is 0 Å². The van der Waals surface area contributed by atoms with Crippen LogP contribution in [0.5, 0.6) is 5.75 Å². The molecule has 1 aromatic carbocycles. The molecule has 0 saturated carbocycles. The zero-order valence-electron chi connectivity index (χ0n) is 11.2. The first-order valence-corrected chi connectivity index (χ1v) is 6.27. The molecule has 0 saturated heterocycles. The molecule has 0 bridgehead atoms. The number of carbonyl (C=O) groups excluding carboxylic acids is 1. The summed E-state index contributed by atoms with van der Waals surface area (Å²) in [5.74, 6) is 0.937. The van der Waals surface area contributed by atoms with E-state index in [0.29, 0.717) is 26.1 Å². The first-order chi connectivity index (χ1) is 8.65. The lowest BCUT2D eigenvalue weighted by molar-refractivity contribution is -0.130. The number of benzene rings is 1. The van der Waals surface area contributed by atoms with Crippen LogP contribution < -0.4 is 10.5 Å². The van der Waals surface area contributed by atoms with Crippen molar-refractivity contribution < 1.29 is 9.53 Å². The summed E-state index contributed by atoms with van der Waals surface area (Å²) >= 11 is 0. The van der Waals surface area contributed by atoms with Crippen LogP contribution in [0.1, 0.15) is 18.4 Å². The first kappa shape index (κ1) is 14.5. The van der Waals surface area contributed by atoms with E-state index in [-0.39, 0.29) is 5.91 Å². The molecule has 0 radical (unpaired) electrons. The van der Waals surface area contributed by atoms with Crippen molar-refractivity contribution in [2.75, 3.05) is 26.7 Å². The molecule has 0 aliphatic carbocycles. The third kappa shape index (κ3) is 4.75. The molecule has 0 fully saturated rings. The highest BCUT2D eigenvalue weighted by Crippen LogP contribution is 2.16. The van der Waals surface area contributed by atoms with E-state index < -0.39 is 0 Å². The first-order valence-electron chi connectivity index (χ1n) is 6.27. The second-order valence-corrected chi connectivity index (χ2v) is 4.32. The van der Waals surface area contributed by atoms with Crippen LogP contribution in [0.4, 0.5) is 0 Å². The van der Waals surface area contributed by atoms with Crippen molar-refractivity contribution in [1.82, 2.24) is 4.90 Å². The number of rotatable bonds is 7. The van der Waals surface area contributed by atoms with Gasteiger partial charge in [0.1, 0.15) is 5.75 Å². The molecule has 2 N–H and O–H groups in total. The van der Waals surface area contributed by atoms with Crippen LogP contribution in [0.3, 0.4) is 0 Å². The SMILES string of the molecule is Cc1ccccc1OCCC(=O)N(C)CCCN. The Labute approximate surface area is 109 Å². The summed E-state index contributed by atoms with van der Waals surface area (Å²) in [6.07, 6.45) is 1.23. The van der Waals surface area contributed by atoms with E-state index in [0.717, 1.165) is 17.7 Å². The van der Waals surface area contributed by atoms with Gasteiger partial charge >= 0.3 is 0 Å². The molecule has 100 valence electrons. The van der Waals surface area contributed by atoms with Gasteiger partial charge in [-0.3, -0.25) is 4.79 Å².